The SMILES string of the molecule is CC(C)(C)CCCCN1CCN(C(C)(C)C)CC1. The van der Waals surface area contributed by atoms with Gasteiger partial charge in [-0.1, -0.05) is 27.2 Å². The van der Waals surface area contributed by atoms with Crippen LogP contribution in [0, 0.1) is 5.41 Å². The van der Waals surface area contributed by atoms with E-state index in [1.54, 1.807) is 0 Å². The van der Waals surface area contributed by atoms with Gasteiger partial charge in [0.1, 0.15) is 0 Å². The van der Waals surface area contributed by atoms with Gasteiger partial charge in [0.15, 0.2) is 0 Å². The van der Waals surface area contributed by atoms with Crippen molar-refractivity contribution in [3.63, 3.8) is 0 Å². The van der Waals surface area contributed by atoms with E-state index in [2.05, 4.69) is 51.3 Å². The first-order valence-corrected chi connectivity index (χ1v) is 7.66. The van der Waals surface area contributed by atoms with Gasteiger partial charge in [-0.2, -0.15) is 0 Å². The maximum atomic E-state index is 2.64. The number of unbranched alkanes of at least 4 members (excludes halogenated alkanes) is 1. The number of hydrogen-bond donors (Lipinski definition) is 0. The molecular formula is C16H34N2. The number of nitrogens with zero attached hydrogens (tertiary/aromatic N) is 2. The second-order valence-electron chi connectivity index (χ2n) is 8.02. The fraction of sp³-hybridized carbons (Fsp3) is 1.00. The molecule has 108 valence electrons. The highest BCUT2D eigenvalue weighted by Gasteiger charge is 2.25. The summed E-state index contributed by atoms with van der Waals surface area (Å²) in [5, 5.41) is 0. The molecule has 0 aliphatic carbocycles. The second-order valence-corrected chi connectivity index (χ2v) is 8.02. The van der Waals surface area contributed by atoms with E-state index in [0.29, 0.717) is 11.0 Å². The Morgan fingerprint density at radius 2 is 1.33 bits per heavy atom. The van der Waals surface area contributed by atoms with E-state index < -0.39 is 0 Å². The minimum atomic E-state index is 0.346. The average molecular weight is 254 g/mol. The van der Waals surface area contributed by atoms with Gasteiger partial charge in [0.2, 0.25) is 0 Å². The van der Waals surface area contributed by atoms with Crippen LogP contribution >= 0.6 is 0 Å². The lowest BCUT2D eigenvalue weighted by atomic mass is 9.90. The normalized spacial score (nSPS) is 20.3. The molecule has 1 aliphatic heterocycles. The number of piperazine rings is 1. The molecule has 1 saturated heterocycles. The number of rotatable bonds is 4. The summed E-state index contributed by atoms with van der Waals surface area (Å²) in [6.45, 7) is 20.3. The predicted octanol–water partition coefficient (Wildman–Crippen LogP) is 3.62. The van der Waals surface area contributed by atoms with Gasteiger partial charge >= 0.3 is 0 Å². The van der Waals surface area contributed by atoms with E-state index in [1.807, 2.05) is 0 Å². The van der Waals surface area contributed by atoms with Crippen LogP contribution in [-0.2, 0) is 0 Å². The molecule has 1 aliphatic rings. The summed E-state index contributed by atoms with van der Waals surface area (Å²) >= 11 is 0. The highest BCUT2D eigenvalue weighted by Crippen LogP contribution is 2.22. The lowest BCUT2D eigenvalue weighted by molar-refractivity contribution is 0.0613. The molecule has 0 aromatic rings. The molecule has 2 heteroatoms. The molecule has 0 radical (unpaired) electrons. The quantitative estimate of drug-likeness (QED) is 0.707. The standard InChI is InChI=1S/C16H34N2/c1-15(2,3)9-7-8-10-17-11-13-18(14-12-17)16(4,5)6/h7-14H2,1-6H3. The Balaban J connectivity index is 2.13. The maximum absolute atomic E-state index is 2.64. The van der Waals surface area contributed by atoms with Crippen molar-refractivity contribution in [2.75, 3.05) is 32.7 Å². The maximum Gasteiger partial charge on any atom is 0.0126 e. The van der Waals surface area contributed by atoms with Crippen LogP contribution in [0.2, 0.25) is 0 Å². The van der Waals surface area contributed by atoms with Crippen molar-refractivity contribution in [2.45, 2.75) is 66.3 Å². The summed E-state index contributed by atoms with van der Waals surface area (Å²) in [6, 6.07) is 0. The van der Waals surface area contributed by atoms with Crippen molar-refractivity contribution in [3.05, 3.63) is 0 Å². The smallest absolute Gasteiger partial charge is 0.0126 e. The third-order valence-corrected chi connectivity index (χ3v) is 3.97. The minimum absolute atomic E-state index is 0.346. The van der Waals surface area contributed by atoms with E-state index >= 15 is 0 Å². The Hall–Kier alpha value is -0.0800. The predicted molar refractivity (Wildman–Crippen MR) is 81.1 cm³/mol. The summed E-state index contributed by atoms with van der Waals surface area (Å²) in [7, 11) is 0. The first kappa shape index (κ1) is 16.0. The summed E-state index contributed by atoms with van der Waals surface area (Å²) in [6.07, 6.45) is 4.10. The molecular weight excluding hydrogens is 220 g/mol. The van der Waals surface area contributed by atoms with Crippen LogP contribution in [0.5, 0.6) is 0 Å². The van der Waals surface area contributed by atoms with Crippen molar-refractivity contribution in [1.82, 2.24) is 9.80 Å². The lowest BCUT2D eigenvalue weighted by Crippen LogP contribution is -2.53. The fourth-order valence-corrected chi connectivity index (χ4v) is 2.63. The summed E-state index contributed by atoms with van der Waals surface area (Å²) in [5.41, 5.74) is 0.850. The molecule has 0 aromatic carbocycles. The van der Waals surface area contributed by atoms with Gasteiger partial charge in [-0.15, -0.1) is 0 Å². The first-order chi connectivity index (χ1) is 8.18. The average Bonchev–Trinajstić information content (AvgIpc) is 2.22. The third kappa shape index (κ3) is 6.19. The van der Waals surface area contributed by atoms with Crippen molar-refractivity contribution in [3.8, 4) is 0 Å². The zero-order valence-corrected chi connectivity index (χ0v) is 13.6. The van der Waals surface area contributed by atoms with Gasteiger partial charge in [0.25, 0.3) is 0 Å². The topological polar surface area (TPSA) is 6.48 Å². The monoisotopic (exact) mass is 254 g/mol. The van der Waals surface area contributed by atoms with Crippen LogP contribution < -0.4 is 0 Å². The van der Waals surface area contributed by atoms with E-state index in [0.717, 1.165) is 0 Å². The lowest BCUT2D eigenvalue weighted by Gasteiger charge is -2.42. The largest absolute Gasteiger partial charge is 0.301 e. The highest BCUT2D eigenvalue weighted by molar-refractivity contribution is 4.81. The molecule has 0 saturated carbocycles. The van der Waals surface area contributed by atoms with E-state index in [4.69, 9.17) is 0 Å². The molecule has 2 nitrogen and oxygen atoms in total. The first-order valence-electron chi connectivity index (χ1n) is 7.66. The number of hydrogen-bond acceptors (Lipinski definition) is 2. The molecule has 0 aromatic heterocycles. The Morgan fingerprint density at radius 3 is 1.78 bits per heavy atom. The van der Waals surface area contributed by atoms with Gasteiger partial charge in [-0.05, 0) is 45.6 Å². The zero-order chi connectivity index (χ0) is 13.8. The van der Waals surface area contributed by atoms with E-state index in [9.17, 15) is 0 Å². The Kier molecular flexibility index (Phi) is 5.67. The summed E-state index contributed by atoms with van der Waals surface area (Å²) in [4.78, 5) is 5.25. The van der Waals surface area contributed by atoms with Crippen LogP contribution in [0.1, 0.15) is 60.8 Å². The van der Waals surface area contributed by atoms with Crippen LogP contribution in [0.25, 0.3) is 0 Å². The van der Waals surface area contributed by atoms with Gasteiger partial charge in [-0.25, -0.2) is 0 Å². The highest BCUT2D eigenvalue weighted by atomic mass is 15.3. The Morgan fingerprint density at radius 1 is 0.778 bits per heavy atom. The molecule has 0 amide bonds. The van der Waals surface area contributed by atoms with Crippen LogP contribution in [0.3, 0.4) is 0 Å². The van der Waals surface area contributed by atoms with Gasteiger partial charge in [-0.3, -0.25) is 4.90 Å². The van der Waals surface area contributed by atoms with Gasteiger partial charge in [0.05, 0.1) is 0 Å². The third-order valence-electron chi connectivity index (χ3n) is 3.97. The molecule has 0 N–H and O–H groups in total. The summed E-state index contributed by atoms with van der Waals surface area (Å²) < 4.78 is 0. The Labute approximate surface area is 115 Å². The fourth-order valence-electron chi connectivity index (χ4n) is 2.63. The molecule has 18 heavy (non-hydrogen) atoms. The van der Waals surface area contributed by atoms with Crippen LogP contribution in [0.4, 0.5) is 0 Å². The van der Waals surface area contributed by atoms with Gasteiger partial charge < -0.3 is 4.90 Å². The second kappa shape index (κ2) is 6.38. The van der Waals surface area contributed by atoms with Crippen molar-refractivity contribution < 1.29 is 0 Å². The van der Waals surface area contributed by atoms with Gasteiger partial charge in [0, 0.05) is 31.7 Å². The molecule has 1 rings (SSSR count). The molecule has 0 bridgehead atoms. The molecule has 0 atom stereocenters. The van der Waals surface area contributed by atoms with Crippen molar-refractivity contribution in [1.29, 1.82) is 0 Å². The molecule has 0 spiro atoms. The molecule has 1 fully saturated rings. The summed E-state index contributed by atoms with van der Waals surface area (Å²) in [5.74, 6) is 0. The molecule has 1 heterocycles. The van der Waals surface area contributed by atoms with Crippen LogP contribution in [0.15, 0.2) is 0 Å². The van der Waals surface area contributed by atoms with E-state index in [1.165, 1.54) is 52.0 Å². The minimum Gasteiger partial charge on any atom is -0.301 e. The Bertz CT molecular complexity index is 226. The zero-order valence-electron chi connectivity index (χ0n) is 13.6. The van der Waals surface area contributed by atoms with Crippen molar-refractivity contribution in [2.24, 2.45) is 5.41 Å². The van der Waals surface area contributed by atoms with Crippen LogP contribution in [-0.4, -0.2) is 48.1 Å². The van der Waals surface area contributed by atoms with E-state index in [-0.39, 0.29) is 0 Å². The molecule has 0 unspecified atom stereocenters. The van der Waals surface area contributed by atoms with Crippen molar-refractivity contribution >= 4 is 0 Å².